The third-order valence-corrected chi connectivity index (χ3v) is 3.75. The Labute approximate surface area is 114 Å². The van der Waals surface area contributed by atoms with E-state index in [4.69, 9.17) is 0 Å². The Morgan fingerprint density at radius 1 is 0.632 bits per heavy atom. The van der Waals surface area contributed by atoms with E-state index < -0.39 is 0 Å². The van der Waals surface area contributed by atoms with Crippen LogP contribution in [0.4, 0.5) is 11.4 Å². The zero-order chi connectivity index (χ0) is 13.2. The monoisotopic (exact) mass is 250 g/mol. The van der Waals surface area contributed by atoms with Crippen molar-refractivity contribution in [3.8, 4) is 0 Å². The van der Waals surface area contributed by atoms with Crippen LogP contribution in [0.25, 0.3) is 0 Å². The zero-order valence-electron chi connectivity index (χ0n) is 11.4. The SMILES string of the molecule is CC1=[N+](c2ccccc2)C[N+](c2ccccc2)=C1C. The van der Waals surface area contributed by atoms with Crippen LogP contribution in [0.1, 0.15) is 13.8 Å². The van der Waals surface area contributed by atoms with Gasteiger partial charge in [0.1, 0.15) is 0 Å². The fraction of sp³-hybridized carbons (Fsp3) is 0.176. The number of benzene rings is 2. The van der Waals surface area contributed by atoms with Gasteiger partial charge in [0, 0.05) is 38.1 Å². The van der Waals surface area contributed by atoms with Gasteiger partial charge in [-0.15, -0.1) is 9.15 Å². The number of rotatable bonds is 2. The van der Waals surface area contributed by atoms with Crippen LogP contribution in [0.2, 0.25) is 0 Å². The maximum absolute atomic E-state index is 2.35. The summed E-state index contributed by atoms with van der Waals surface area (Å²) >= 11 is 0. The second-order valence-corrected chi connectivity index (χ2v) is 4.84. The summed E-state index contributed by atoms with van der Waals surface area (Å²) in [6.07, 6.45) is 0. The molecule has 0 unspecified atom stereocenters. The van der Waals surface area contributed by atoms with Gasteiger partial charge in [-0.05, 0) is 0 Å². The van der Waals surface area contributed by atoms with Crippen molar-refractivity contribution in [2.24, 2.45) is 0 Å². The van der Waals surface area contributed by atoms with E-state index in [9.17, 15) is 0 Å². The molecule has 0 saturated heterocycles. The van der Waals surface area contributed by atoms with E-state index in [1.807, 2.05) is 0 Å². The normalized spacial score (nSPS) is 15.3. The van der Waals surface area contributed by atoms with Crippen LogP contribution in [0.3, 0.4) is 0 Å². The predicted octanol–water partition coefficient (Wildman–Crippen LogP) is 3.57. The van der Waals surface area contributed by atoms with Gasteiger partial charge in [0.15, 0.2) is 0 Å². The standard InChI is InChI=1S/C17H18N2/c1-14-15(2)19(17-11-7-4-8-12-17)13-18(14)16-9-5-3-6-10-16/h3-12H,13H2,1-2H3/q+2. The minimum absolute atomic E-state index is 0.881. The van der Waals surface area contributed by atoms with E-state index in [-0.39, 0.29) is 0 Å². The smallest absolute Gasteiger partial charge is 0.131 e. The van der Waals surface area contributed by atoms with Crippen LogP contribution < -0.4 is 0 Å². The second kappa shape index (κ2) is 4.81. The molecular formula is C17H18N2+2. The van der Waals surface area contributed by atoms with Crippen molar-refractivity contribution < 1.29 is 9.15 Å². The average Bonchev–Trinajstić information content (AvgIpc) is 2.77. The first kappa shape index (κ1) is 11.8. The molecule has 0 atom stereocenters. The fourth-order valence-corrected chi connectivity index (χ4v) is 2.51. The molecule has 2 nitrogen and oxygen atoms in total. The van der Waals surface area contributed by atoms with E-state index in [0.717, 1.165) is 6.67 Å². The molecule has 19 heavy (non-hydrogen) atoms. The van der Waals surface area contributed by atoms with Gasteiger partial charge in [-0.3, -0.25) is 0 Å². The molecule has 0 amide bonds. The molecule has 0 N–H and O–H groups in total. The number of nitrogens with zero attached hydrogens (tertiary/aromatic N) is 2. The number of hydrogen-bond acceptors (Lipinski definition) is 0. The summed E-state index contributed by atoms with van der Waals surface area (Å²) in [6.45, 7) is 5.25. The maximum Gasteiger partial charge on any atom is 0.345 e. The van der Waals surface area contributed by atoms with Gasteiger partial charge >= 0.3 is 6.67 Å². The lowest BCUT2D eigenvalue weighted by atomic mass is 10.2. The summed E-state index contributed by atoms with van der Waals surface area (Å²) in [4.78, 5) is 0. The average molecular weight is 250 g/mol. The van der Waals surface area contributed by atoms with Crippen molar-refractivity contribution >= 4 is 22.8 Å². The molecule has 0 aromatic heterocycles. The second-order valence-electron chi connectivity index (χ2n) is 4.84. The molecule has 1 aliphatic heterocycles. The van der Waals surface area contributed by atoms with E-state index in [0.29, 0.717) is 0 Å². The number of para-hydroxylation sites is 2. The van der Waals surface area contributed by atoms with Gasteiger partial charge in [0.2, 0.25) is 11.4 Å². The quantitative estimate of drug-likeness (QED) is 0.719. The lowest BCUT2D eigenvalue weighted by Gasteiger charge is -1.97. The van der Waals surface area contributed by atoms with Crippen molar-refractivity contribution in [3.05, 3.63) is 60.7 Å². The van der Waals surface area contributed by atoms with Gasteiger partial charge in [-0.2, -0.15) is 0 Å². The highest BCUT2D eigenvalue weighted by Crippen LogP contribution is 2.20. The molecule has 0 spiro atoms. The van der Waals surface area contributed by atoms with Gasteiger partial charge in [0.05, 0.1) is 0 Å². The molecule has 2 heteroatoms. The molecule has 0 aliphatic carbocycles. The molecule has 94 valence electrons. The van der Waals surface area contributed by atoms with Crippen LogP contribution in [0.15, 0.2) is 60.7 Å². The lowest BCUT2D eigenvalue weighted by molar-refractivity contribution is -0.637. The molecule has 1 heterocycles. The zero-order valence-corrected chi connectivity index (χ0v) is 11.4. The lowest BCUT2D eigenvalue weighted by Crippen LogP contribution is -2.12. The fourth-order valence-electron chi connectivity index (χ4n) is 2.51. The highest BCUT2D eigenvalue weighted by molar-refractivity contribution is 6.37. The molecule has 3 rings (SSSR count). The Hall–Kier alpha value is -2.22. The Morgan fingerprint density at radius 2 is 1.00 bits per heavy atom. The molecular weight excluding hydrogens is 232 g/mol. The Balaban J connectivity index is 1.99. The minimum Gasteiger partial charge on any atom is -0.131 e. The van der Waals surface area contributed by atoms with E-state index in [1.54, 1.807) is 0 Å². The summed E-state index contributed by atoms with van der Waals surface area (Å²) in [7, 11) is 0. The summed E-state index contributed by atoms with van der Waals surface area (Å²) in [6, 6.07) is 21.1. The van der Waals surface area contributed by atoms with Crippen LogP contribution in [0.5, 0.6) is 0 Å². The van der Waals surface area contributed by atoms with E-state index >= 15 is 0 Å². The molecule has 0 bridgehead atoms. The highest BCUT2D eigenvalue weighted by atomic mass is 15.2. The summed E-state index contributed by atoms with van der Waals surface area (Å²) in [5, 5.41) is 0. The van der Waals surface area contributed by atoms with Crippen molar-refractivity contribution in [1.82, 2.24) is 0 Å². The van der Waals surface area contributed by atoms with Gasteiger partial charge < -0.3 is 0 Å². The molecule has 0 saturated carbocycles. The highest BCUT2D eigenvalue weighted by Gasteiger charge is 2.34. The van der Waals surface area contributed by atoms with Gasteiger partial charge in [-0.25, -0.2) is 0 Å². The minimum atomic E-state index is 0.881. The topological polar surface area (TPSA) is 6.02 Å². The first-order chi connectivity index (χ1) is 9.27. The van der Waals surface area contributed by atoms with E-state index in [1.165, 1.54) is 22.8 Å². The van der Waals surface area contributed by atoms with Crippen LogP contribution in [0, 0.1) is 0 Å². The van der Waals surface area contributed by atoms with Gasteiger partial charge in [0.25, 0.3) is 11.4 Å². The largest absolute Gasteiger partial charge is 0.345 e. The third kappa shape index (κ3) is 2.10. The molecule has 0 fully saturated rings. The van der Waals surface area contributed by atoms with Gasteiger partial charge in [-0.1, -0.05) is 36.4 Å². The summed E-state index contributed by atoms with van der Waals surface area (Å²) in [5.41, 5.74) is 5.13. The van der Waals surface area contributed by atoms with Crippen LogP contribution in [-0.2, 0) is 0 Å². The molecule has 2 aromatic carbocycles. The van der Waals surface area contributed by atoms with Crippen molar-refractivity contribution in [3.63, 3.8) is 0 Å². The van der Waals surface area contributed by atoms with E-state index in [2.05, 4.69) is 83.7 Å². The maximum atomic E-state index is 2.35. The molecule has 0 radical (unpaired) electrons. The first-order valence-corrected chi connectivity index (χ1v) is 6.60. The van der Waals surface area contributed by atoms with Crippen molar-refractivity contribution in [1.29, 1.82) is 0 Å². The molecule has 2 aromatic rings. The van der Waals surface area contributed by atoms with Crippen molar-refractivity contribution in [2.45, 2.75) is 13.8 Å². The summed E-state index contributed by atoms with van der Waals surface area (Å²) in [5.74, 6) is 0. The molecule has 1 aliphatic rings. The predicted molar refractivity (Wildman–Crippen MR) is 79.0 cm³/mol. The summed E-state index contributed by atoms with van der Waals surface area (Å²) < 4.78 is 4.70. The third-order valence-electron chi connectivity index (χ3n) is 3.75. The van der Waals surface area contributed by atoms with Crippen LogP contribution in [-0.4, -0.2) is 27.2 Å². The Morgan fingerprint density at radius 3 is 1.37 bits per heavy atom. The first-order valence-electron chi connectivity index (χ1n) is 6.60. The Bertz CT molecular complexity index is 593. The van der Waals surface area contributed by atoms with Crippen LogP contribution >= 0.6 is 0 Å². The number of hydrogen-bond donors (Lipinski definition) is 0. The Kier molecular flexibility index (Phi) is 3.00. The van der Waals surface area contributed by atoms with Crippen molar-refractivity contribution in [2.75, 3.05) is 6.67 Å².